The number of carbonyl (C=O) groups excluding carboxylic acids is 1. The van der Waals surface area contributed by atoms with E-state index in [1.165, 1.54) is 17.2 Å². The molecule has 10 heteroatoms. The van der Waals surface area contributed by atoms with Gasteiger partial charge in [0.15, 0.2) is 10.8 Å². The Balaban J connectivity index is 2.17. The number of amides is 1. The van der Waals surface area contributed by atoms with Gasteiger partial charge in [-0.25, -0.2) is 24.5 Å². The molecule has 0 aliphatic rings. The van der Waals surface area contributed by atoms with Gasteiger partial charge in [0, 0.05) is 0 Å². The van der Waals surface area contributed by atoms with Crippen LogP contribution in [0.1, 0.15) is 20.8 Å². The van der Waals surface area contributed by atoms with E-state index in [0.717, 1.165) is 0 Å². The molecule has 0 saturated heterocycles. The second kappa shape index (κ2) is 6.37. The monoisotopic (exact) mass is 341 g/mol. The van der Waals surface area contributed by atoms with Crippen LogP contribution in [0.2, 0.25) is 5.15 Å². The van der Waals surface area contributed by atoms with Crippen molar-refractivity contribution in [3.05, 3.63) is 17.8 Å². The average molecular weight is 342 g/mol. The first-order chi connectivity index (χ1) is 10.7. The minimum atomic E-state index is -1.21. The van der Waals surface area contributed by atoms with Gasteiger partial charge in [-0.15, -0.1) is 0 Å². The molecule has 0 saturated carbocycles. The summed E-state index contributed by atoms with van der Waals surface area (Å²) in [7, 11) is 0. The van der Waals surface area contributed by atoms with E-state index in [1.54, 1.807) is 20.8 Å². The standard InChI is InChI=1S/C13H16ClN5O4/c1-13(2,3)23-12(22)18-7(11(20)21)4-19-6-17-8-9(14)15-5-16-10(8)19/h5-7H,4H2,1-3H3,(H,18,22)(H,20,21)/t7-/m0/s1. The van der Waals surface area contributed by atoms with Crippen molar-refractivity contribution in [2.24, 2.45) is 0 Å². The first-order valence-corrected chi connectivity index (χ1v) is 7.09. The molecule has 2 aromatic heterocycles. The number of carbonyl (C=O) groups is 2. The van der Waals surface area contributed by atoms with Gasteiger partial charge in [0.05, 0.1) is 12.9 Å². The Morgan fingerprint density at radius 2 is 2.09 bits per heavy atom. The van der Waals surface area contributed by atoms with Crippen molar-refractivity contribution in [3.8, 4) is 0 Å². The van der Waals surface area contributed by atoms with Crippen molar-refractivity contribution >= 4 is 34.8 Å². The van der Waals surface area contributed by atoms with Crippen molar-refractivity contribution in [3.63, 3.8) is 0 Å². The molecule has 0 spiro atoms. The third-order valence-corrected chi connectivity index (χ3v) is 3.00. The zero-order valence-corrected chi connectivity index (χ0v) is 13.5. The number of halogens is 1. The molecule has 1 amide bonds. The molecule has 0 aromatic carbocycles. The maximum Gasteiger partial charge on any atom is 0.408 e. The summed E-state index contributed by atoms with van der Waals surface area (Å²) in [6.45, 7) is 4.97. The Bertz CT molecular complexity index is 740. The topological polar surface area (TPSA) is 119 Å². The summed E-state index contributed by atoms with van der Waals surface area (Å²) >= 11 is 5.89. The maximum atomic E-state index is 11.8. The van der Waals surface area contributed by atoms with E-state index in [9.17, 15) is 14.7 Å². The number of aliphatic carboxylic acids is 1. The smallest absolute Gasteiger partial charge is 0.408 e. The number of ether oxygens (including phenoxy) is 1. The van der Waals surface area contributed by atoms with Crippen LogP contribution in [-0.4, -0.2) is 48.3 Å². The second-order valence-corrected chi connectivity index (χ2v) is 6.13. The molecular weight excluding hydrogens is 326 g/mol. The largest absolute Gasteiger partial charge is 0.480 e. The highest BCUT2D eigenvalue weighted by molar-refractivity contribution is 6.33. The third kappa shape index (κ3) is 4.28. The lowest BCUT2D eigenvalue weighted by Gasteiger charge is -2.22. The Kier molecular flexibility index (Phi) is 4.69. The quantitative estimate of drug-likeness (QED) is 0.808. The number of aromatic nitrogens is 4. The molecule has 0 radical (unpaired) electrons. The van der Waals surface area contributed by atoms with E-state index in [1.807, 2.05) is 0 Å². The number of carboxylic acids is 1. The van der Waals surface area contributed by atoms with Crippen molar-refractivity contribution in [2.45, 2.75) is 39.0 Å². The molecule has 9 nitrogen and oxygen atoms in total. The highest BCUT2D eigenvalue weighted by Gasteiger charge is 2.25. The van der Waals surface area contributed by atoms with Crippen molar-refractivity contribution in [1.29, 1.82) is 0 Å². The Labute approximate surface area is 136 Å². The van der Waals surface area contributed by atoms with Crippen LogP contribution in [-0.2, 0) is 16.1 Å². The van der Waals surface area contributed by atoms with E-state index in [-0.39, 0.29) is 11.7 Å². The summed E-state index contributed by atoms with van der Waals surface area (Å²) in [4.78, 5) is 35.0. The summed E-state index contributed by atoms with van der Waals surface area (Å²) in [6.07, 6.45) is 1.82. The fourth-order valence-corrected chi connectivity index (χ4v) is 1.99. The second-order valence-electron chi connectivity index (χ2n) is 5.77. The summed E-state index contributed by atoms with van der Waals surface area (Å²) < 4.78 is 6.53. The Hall–Kier alpha value is -2.42. The minimum Gasteiger partial charge on any atom is -0.480 e. The van der Waals surface area contributed by atoms with Gasteiger partial charge in [-0.2, -0.15) is 0 Å². The third-order valence-electron chi connectivity index (χ3n) is 2.72. The van der Waals surface area contributed by atoms with E-state index < -0.39 is 23.7 Å². The van der Waals surface area contributed by atoms with Gasteiger partial charge < -0.3 is 19.7 Å². The molecule has 2 heterocycles. The van der Waals surface area contributed by atoms with E-state index in [0.29, 0.717) is 11.2 Å². The summed E-state index contributed by atoms with van der Waals surface area (Å²) in [5.74, 6) is -1.21. The predicted octanol–water partition coefficient (Wildman–Crippen LogP) is 1.46. The normalized spacial score (nSPS) is 12.9. The van der Waals surface area contributed by atoms with Crippen LogP contribution in [0.15, 0.2) is 12.7 Å². The molecule has 0 unspecified atom stereocenters. The number of hydrogen-bond acceptors (Lipinski definition) is 6. The van der Waals surface area contributed by atoms with Gasteiger partial charge in [-0.05, 0) is 20.8 Å². The van der Waals surface area contributed by atoms with Crippen LogP contribution < -0.4 is 5.32 Å². The van der Waals surface area contributed by atoms with Crippen LogP contribution in [0.5, 0.6) is 0 Å². The predicted molar refractivity (Wildman–Crippen MR) is 81.1 cm³/mol. The molecule has 124 valence electrons. The Morgan fingerprint density at radius 1 is 1.39 bits per heavy atom. The zero-order valence-electron chi connectivity index (χ0n) is 12.8. The van der Waals surface area contributed by atoms with Crippen LogP contribution in [0, 0.1) is 0 Å². The molecule has 2 aromatic rings. The van der Waals surface area contributed by atoms with Crippen LogP contribution in [0.25, 0.3) is 11.2 Å². The highest BCUT2D eigenvalue weighted by atomic mass is 35.5. The van der Waals surface area contributed by atoms with E-state index >= 15 is 0 Å². The van der Waals surface area contributed by atoms with Crippen LogP contribution >= 0.6 is 11.6 Å². The number of fused-ring (bicyclic) bond motifs is 1. The molecule has 0 aliphatic carbocycles. The van der Waals surface area contributed by atoms with Crippen molar-refractivity contribution < 1.29 is 19.4 Å². The highest BCUT2D eigenvalue weighted by Crippen LogP contribution is 2.17. The van der Waals surface area contributed by atoms with Gasteiger partial charge >= 0.3 is 12.1 Å². The lowest BCUT2D eigenvalue weighted by atomic mass is 10.2. The number of hydrogen-bond donors (Lipinski definition) is 2. The zero-order chi connectivity index (χ0) is 17.2. The molecule has 1 atom stereocenters. The van der Waals surface area contributed by atoms with Crippen molar-refractivity contribution in [2.75, 3.05) is 0 Å². The fraction of sp³-hybridized carbons (Fsp3) is 0.462. The van der Waals surface area contributed by atoms with Crippen LogP contribution in [0.4, 0.5) is 4.79 Å². The molecule has 0 bridgehead atoms. The lowest BCUT2D eigenvalue weighted by molar-refractivity contribution is -0.139. The summed E-state index contributed by atoms with van der Waals surface area (Å²) in [5.41, 5.74) is 0.00749. The summed E-state index contributed by atoms with van der Waals surface area (Å²) in [5, 5.41) is 11.8. The van der Waals surface area contributed by atoms with Gasteiger partial charge in [0.2, 0.25) is 0 Å². The van der Waals surface area contributed by atoms with Crippen molar-refractivity contribution in [1.82, 2.24) is 24.8 Å². The molecular formula is C13H16ClN5O4. The van der Waals surface area contributed by atoms with Gasteiger partial charge in [-0.3, -0.25) is 0 Å². The van der Waals surface area contributed by atoms with Crippen LogP contribution in [0.3, 0.4) is 0 Å². The molecule has 2 rings (SSSR count). The van der Waals surface area contributed by atoms with Gasteiger partial charge in [0.1, 0.15) is 23.5 Å². The lowest BCUT2D eigenvalue weighted by Crippen LogP contribution is -2.45. The number of carboxylic acid groups (broad SMARTS) is 1. The molecule has 23 heavy (non-hydrogen) atoms. The average Bonchev–Trinajstić information content (AvgIpc) is 2.80. The molecule has 0 aliphatic heterocycles. The first-order valence-electron chi connectivity index (χ1n) is 6.71. The van der Waals surface area contributed by atoms with E-state index in [4.69, 9.17) is 16.3 Å². The van der Waals surface area contributed by atoms with Gasteiger partial charge in [-0.1, -0.05) is 11.6 Å². The number of nitrogens with zero attached hydrogens (tertiary/aromatic N) is 4. The number of imidazole rings is 1. The maximum absolute atomic E-state index is 11.8. The first kappa shape index (κ1) is 16.9. The van der Waals surface area contributed by atoms with Gasteiger partial charge in [0.25, 0.3) is 0 Å². The molecule has 2 N–H and O–H groups in total. The molecule has 0 fully saturated rings. The SMILES string of the molecule is CC(C)(C)OC(=O)N[C@@H](Cn1cnc2c(Cl)ncnc21)C(=O)O. The Morgan fingerprint density at radius 3 is 2.70 bits per heavy atom. The summed E-state index contributed by atoms with van der Waals surface area (Å²) in [6, 6.07) is -1.21. The number of alkyl carbamates (subject to hydrolysis) is 1. The number of nitrogens with one attached hydrogen (secondary N) is 1. The van der Waals surface area contributed by atoms with E-state index in [2.05, 4.69) is 20.3 Å². The number of rotatable bonds is 4. The fourth-order valence-electron chi connectivity index (χ4n) is 1.82. The minimum absolute atomic E-state index is 0.0849.